The van der Waals surface area contributed by atoms with Crippen LogP contribution in [0.5, 0.6) is 0 Å². The molecule has 0 saturated carbocycles. The van der Waals surface area contributed by atoms with Crippen LogP contribution in [0, 0.1) is 5.41 Å². The van der Waals surface area contributed by atoms with Crippen LogP contribution in [0.2, 0.25) is 0 Å². The Morgan fingerprint density at radius 2 is 1.58 bits per heavy atom. The molecule has 0 saturated heterocycles. The SMILES string of the molecule is CCCCCC(C=CCC(CCCc1ccc(C(=O)OCC)cc1)(C(C)=O)C(=O)OCC)OC(C)=O. The summed E-state index contributed by atoms with van der Waals surface area (Å²) in [5, 5.41) is 0. The van der Waals surface area contributed by atoms with Crippen molar-refractivity contribution in [2.75, 3.05) is 13.2 Å². The quantitative estimate of drug-likeness (QED) is 0.0875. The van der Waals surface area contributed by atoms with Crippen molar-refractivity contribution < 1.29 is 33.4 Å². The van der Waals surface area contributed by atoms with Crippen molar-refractivity contribution in [3.63, 3.8) is 0 Å². The Hall–Kier alpha value is -2.96. The van der Waals surface area contributed by atoms with E-state index in [4.69, 9.17) is 14.2 Å². The van der Waals surface area contributed by atoms with Crippen LogP contribution in [0.25, 0.3) is 0 Å². The molecule has 0 aliphatic heterocycles. The monoisotopic (exact) mass is 502 g/mol. The van der Waals surface area contributed by atoms with E-state index in [1.165, 1.54) is 13.8 Å². The molecule has 0 radical (unpaired) electrons. The Labute approximate surface area is 215 Å². The number of Topliss-reactive ketones (excluding diaryl/α,β-unsaturated/α-hetero) is 1. The van der Waals surface area contributed by atoms with Crippen LogP contribution in [0.3, 0.4) is 0 Å². The molecule has 0 bridgehead atoms. The molecular formula is C29H42O7. The molecular weight excluding hydrogens is 460 g/mol. The van der Waals surface area contributed by atoms with Gasteiger partial charge in [-0.2, -0.15) is 0 Å². The Morgan fingerprint density at radius 1 is 0.917 bits per heavy atom. The minimum atomic E-state index is -1.30. The second kappa shape index (κ2) is 16.7. The normalized spacial score (nSPS) is 13.6. The second-order valence-electron chi connectivity index (χ2n) is 8.91. The molecule has 0 aliphatic carbocycles. The number of rotatable bonds is 17. The number of hydrogen-bond donors (Lipinski definition) is 0. The van der Waals surface area contributed by atoms with Gasteiger partial charge in [0.25, 0.3) is 0 Å². The van der Waals surface area contributed by atoms with Crippen molar-refractivity contribution >= 4 is 23.7 Å². The third kappa shape index (κ3) is 10.3. The lowest BCUT2D eigenvalue weighted by molar-refractivity contribution is -0.160. The van der Waals surface area contributed by atoms with Crippen LogP contribution >= 0.6 is 0 Å². The third-order valence-corrected chi connectivity index (χ3v) is 6.10. The van der Waals surface area contributed by atoms with E-state index in [1.54, 1.807) is 38.1 Å². The minimum Gasteiger partial charge on any atom is -0.465 e. The van der Waals surface area contributed by atoms with Gasteiger partial charge in [0.15, 0.2) is 0 Å². The molecule has 36 heavy (non-hydrogen) atoms. The number of ether oxygens (including phenoxy) is 3. The zero-order valence-corrected chi connectivity index (χ0v) is 22.5. The Kier molecular flexibility index (Phi) is 14.4. The van der Waals surface area contributed by atoms with Crippen LogP contribution < -0.4 is 0 Å². The first-order valence-corrected chi connectivity index (χ1v) is 13.0. The molecule has 0 fully saturated rings. The summed E-state index contributed by atoms with van der Waals surface area (Å²) < 4.78 is 15.7. The third-order valence-electron chi connectivity index (χ3n) is 6.10. The topological polar surface area (TPSA) is 96.0 Å². The molecule has 1 rings (SSSR count). The van der Waals surface area contributed by atoms with Gasteiger partial charge >= 0.3 is 17.9 Å². The lowest BCUT2D eigenvalue weighted by Gasteiger charge is -2.28. The lowest BCUT2D eigenvalue weighted by atomic mass is 9.75. The molecule has 0 amide bonds. The van der Waals surface area contributed by atoms with E-state index < -0.39 is 11.4 Å². The summed E-state index contributed by atoms with van der Waals surface area (Å²) in [4.78, 5) is 49.1. The number of allylic oxidation sites excluding steroid dienone is 1. The maximum absolute atomic E-state index is 13.0. The predicted octanol–water partition coefficient (Wildman–Crippen LogP) is 5.78. The van der Waals surface area contributed by atoms with Gasteiger partial charge in [0.1, 0.15) is 17.3 Å². The Bertz CT molecular complexity index is 872. The van der Waals surface area contributed by atoms with Crippen molar-refractivity contribution in [3.8, 4) is 0 Å². The molecule has 1 aromatic carbocycles. The number of unbranched alkanes of at least 4 members (excludes halogenated alkanes) is 2. The largest absolute Gasteiger partial charge is 0.465 e. The summed E-state index contributed by atoms with van der Waals surface area (Å²) in [7, 11) is 0. The van der Waals surface area contributed by atoms with Crippen molar-refractivity contribution in [1.29, 1.82) is 0 Å². The van der Waals surface area contributed by atoms with Gasteiger partial charge in [-0.05, 0) is 83.1 Å². The van der Waals surface area contributed by atoms with E-state index in [0.717, 1.165) is 24.8 Å². The fourth-order valence-electron chi connectivity index (χ4n) is 4.06. The van der Waals surface area contributed by atoms with E-state index in [-0.39, 0.29) is 36.9 Å². The summed E-state index contributed by atoms with van der Waals surface area (Å²) >= 11 is 0. The predicted molar refractivity (Wildman–Crippen MR) is 139 cm³/mol. The highest BCUT2D eigenvalue weighted by molar-refractivity contribution is 6.02. The Morgan fingerprint density at radius 3 is 2.14 bits per heavy atom. The molecule has 2 atom stereocenters. The van der Waals surface area contributed by atoms with Gasteiger partial charge < -0.3 is 14.2 Å². The molecule has 0 aliphatic rings. The summed E-state index contributed by atoms with van der Waals surface area (Å²) in [5.74, 6) is -1.51. The molecule has 0 aromatic heterocycles. The molecule has 0 heterocycles. The molecule has 0 N–H and O–H groups in total. The van der Waals surface area contributed by atoms with E-state index in [0.29, 0.717) is 37.9 Å². The number of carbonyl (C=O) groups is 4. The number of esters is 3. The fraction of sp³-hybridized carbons (Fsp3) is 0.586. The van der Waals surface area contributed by atoms with Gasteiger partial charge in [0, 0.05) is 6.92 Å². The van der Waals surface area contributed by atoms with Gasteiger partial charge in [0.05, 0.1) is 18.8 Å². The number of aryl methyl sites for hydroxylation is 1. The van der Waals surface area contributed by atoms with Crippen LogP contribution in [0.15, 0.2) is 36.4 Å². The maximum Gasteiger partial charge on any atom is 0.338 e. The number of carbonyl (C=O) groups excluding carboxylic acids is 4. The van der Waals surface area contributed by atoms with Gasteiger partial charge in [-0.1, -0.05) is 38.0 Å². The van der Waals surface area contributed by atoms with Crippen molar-refractivity contribution in [1.82, 2.24) is 0 Å². The van der Waals surface area contributed by atoms with Crippen LogP contribution in [0.1, 0.15) is 95.5 Å². The molecule has 7 heteroatoms. The molecule has 2 unspecified atom stereocenters. The summed E-state index contributed by atoms with van der Waals surface area (Å²) in [5.41, 5.74) is 0.170. The number of hydrogen-bond acceptors (Lipinski definition) is 7. The summed E-state index contributed by atoms with van der Waals surface area (Å²) in [6, 6.07) is 7.14. The molecule has 1 aromatic rings. The first kappa shape index (κ1) is 31.1. The fourth-order valence-corrected chi connectivity index (χ4v) is 4.06. The number of benzene rings is 1. The zero-order valence-electron chi connectivity index (χ0n) is 22.5. The average Bonchev–Trinajstić information content (AvgIpc) is 2.83. The van der Waals surface area contributed by atoms with Gasteiger partial charge in [-0.15, -0.1) is 0 Å². The first-order chi connectivity index (χ1) is 17.2. The minimum absolute atomic E-state index is 0.175. The van der Waals surface area contributed by atoms with Crippen LogP contribution in [-0.4, -0.2) is 43.0 Å². The summed E-state index contributed by atoms with van der Waals surface area (Å²) in [6.45, 7) is 8.87. The molecule has 7 nitrogen and oxygen atoms in total. The van der Waals surface area contributed by atoms with Crippen molar-refractivity contribution in [2.45, 2.75) is 92.1 Å². The van der Waals surface area contributed by atoms with Gasteiger partial charge in [0.2, 0.25) is 0 Å². The maximum atomic E-state index is 13.0. The lowest BCUT2D eigenvalue weighted by Crippen LogP contribution is -2.39. The highest BCUT2D eigenvalue weighted by Crippen LogP contribution is 2.33. The molecule has 0 spiro atoms. The van der Waals surface area contributed by atoms with E-state index in [1.807, 2.05) is 12.1 Å². The second-order valence-corrected chi connectivity index (χ2v) is 8.91. The van der Waals surface area contributed by atoms with E-state index in [2.05, 4.69) is 6.92 Å². The van der Waals surface area contributed by atoms with E-state index >= 15 is 0 Å². The van der Waals surface area contributed by atoms with Crippen LogP contribution in [-0.2, 0) is 35.0 Å². The smallest absolute Gasteiger partial charge is 0.338 e. The number of ketones is 1. The standard InChI is InChI=1S/C29H42O7/c1-6-9-10-14-26(36-23(5)31)15-12-21-29(22(4)30,28(33)35-8-3)20-11-13-24-16-18-25(19-17-24)27(32)34-7-2/h12,15-19,26H,6-11,13-14,20-21H2,1-5H3. The van der Waals surface area contributed by atoms with E-state index in [9.17, 15) is 19.2 Å². The van der Waals surface area contributed by atoms with Crippen LogP contribution in [0.4, 0.5) is 0 Å². The van der Waals surface area contributed by atoms with Crippen molar-refractivity contribution in [3.05, 3.63) is 47.5 Å². The highest BCUT2D eigenvalue weighted by Gasteiger charge is 2.43. The zero-order chi connectivity index (χ0) is 27.0. The highest BCUT2D eigenvalue weighted by atomic mass is 16.5. The Balaban J connectivity index is 2.96. The first-order valence-electron chi connectivity index (χ1n) is 13.0. The summed E-state index contributed by atoms with van der Waals surface area (Å²) in [6.07, 6.45) is 8.57. The molecule has 200 valence electrons. The van der Waals surface area contributed by atoms with Gasteiger partial charge in [-0.3, -0.25) is 14.4 Å². The van der Waals surface area contributed by atoms with Gasteiger partial charge in [-0.25, -0.2) is 4.79 Å². The van der Waals surface area contributed by atoms with Crippen molar-refractivity contribution in [2.24, 2.45) is 5.41 Å². The average molecular weight is 503 g/mol.